The molecule has 0 aliphatic carbocycles. The maximum Gasteiger partial charge on any atom is 0.387 e. The first-order valence-electron chi connectivity index (χ1n) is 8.95. The van der Waals surface area contributed by atoms with Gasteiger partial charge in [-0.25, -0.2) is 0 Å². The molecule has 1 amide bonds. The number of halogens is 3. The number of carbonyl (C=O) groups is 1. The normalized spacial score (nSPS) is 10.7. The van der Waals surface area contributed by atoms with Gasteiger partial charge >= 0.3 is 6.61 Å². The summed E-state index contributed by atoms with van der Waals surface area (Å²) in [6, 6.07) is 14.2. The van der Waals surface area contributed by atoms with Crippen LogP contribution < -0.4 is 19.5 Å². The Hall–Kier alpha value is -3.26. The molecule has 0 fully saturated rings. The molecule has 0 aliphatic rings. The van der Waals surface area contributed by atoms with E-state index in [1.54, 1.807) is 37.3 Å². The number of anilines is 1. The molecule has 0 radical (unpaired) electrons. The lowest BCUT2D eigenvalue weighted by molar-refractivity contribution is -0.0514. The van der Waals surface area contributed by atoms with Gasteiger partial charge in [0.2, 0.25) is 0 Å². The standard InChI is InChI=1S/C21H18ClF2NO5/c1-2-27-19-11-13(7-9-17(19)30-21(23)24)25-20(26)18-10-8-14(29-18)12-28-16-6-4-3-5-15(16)22/h3-11,21H,2,12H2,1H3,(H,25,26). The Kier molecular flexibility index (Phi) is 7.13. The van der Waals surface area contributed by atoms with Crippen LogP contribution in [-0.4, -0.2) is 19.1 Å². The van der Waals surface area contributed by atoms with E-state index in [9.17, 15) is 13.6 Å². The zero-order valence-corrected chi connectivity index (χ0v) is 16.6. The van der Waals surface area contributed by atoms with E-state index in [0.29, 0.717) is 22.2 Å². The molecule has 0 saturated heterocycles. The molecule has 0 unspecified atom stereocenters. The number of benzene rings is 2. The van der Waals surface area contributed by atoms with Crippen LogP contribution in [0.25, 0.3) is 0 Å². The quantitative estimate of drug-likeness (QED) is 0.460. The Morgan fingerprint density at radius 1 is 1.07 bits per heavy atom. The summed E-state index contributed by atoms with van der Waals surface area (Å²) < 4.78 is 45.8. The molecule has 1 aromatic heterocycles. The largest absolute Gasteiger partial charge is 0.490 e. The predicted molar refractivity (Wildman–Crippen MR) is 107 cm³/mol. The minimum Gasteiger partial charge on any atom is -0.490 e. The SMILES string of the molecule is CCOc1cc(NC(=O)c2ccc(COc3ccccc3Cl)o2)ccc1OC(F)F. The van der Waals surface area contributed by atoms with Gasteiger partial charge < -0.3 is 23.9 Å². The van der Waals surface area contributed by atoms with Gasteiger partial charge in [-0.3, -0.25) is 4.79 Å². The van der Waals surface area contributed by atoms with Gasteiger partial charge in [0, 0.05) is 11.8 Å². The first-order chi connectivity index (χ1) is 14.5. The van der Waals surface area contributed by atoms with Crippen molar-refractivity contribution in [2.45, 2.75) is 20.1 Å². The van der Waals surface area contributed by atoms with Crippen LogP contribution >= 0.6 is 11.6 Å². The number of hydrogen-bond donors (Lipinski definition) is 1. The third-order valence-electron chi connectivity index (χ3n) is 3.81. The monoisotopic (exact) mass is 437 g/mol. The Bertz CT molecular complexity index is 1010. The van der Waals surface area contributed by atoms with E-state index in [2.05, 4.69) is 10.1 Å². The van der Waals surface area contributed by atoms with Gasteiger partial charge in [-0.2, -0.15) is 8.78 Å². The fourth-order valence-corrected chi connectivity index (χ4v) is 2.72. The molecule has 1 N–H and O–H groups in total. The molecule has 1 heterocycles. The van der Waals surface area contributed by atoms with E-state index in [1.807, 2.05) is 0 Å². The van der Waals surface area contributed by atoms with Crippen molar-refractivity contribution in [3.05, 3.63) is 71.1 Å². The van der Waals surface area contributed by atoms with Gasteiger partial charge in [-0.15, -0.1) is 0 Å². The number of carbonyl (C=O) groups excluding carboxylic acids is 1. The lowest BCUT2D eigenvalue weighted by Gasteiger charge is -2.13. The number of nitrogens with one attached hydrogen (secondary N) is 1. The van der Waals surface area contributed by atoms with Crippen LogP contribution in [0.1, 0.15) is 23.2 Å². The van der Waals surface area contributed by atoms with Crippen molar-refractivity contribution in [2.75, 3.05) is 11.9 Å². The lowest BCUT2D eigenvalue weighted by Crippen LogP contribution is -2.11. The third-order valence-corrected chi connectivity index (χ3v) is 4.12. The number of rotatable bonds is 9. The van der Waals surface area contributed by atoms with Gasteiger partial charge in [0.1, 0.15) is 18.1 Å². The Morgan fingerprint density at radius 2 is 1.87 bits per heavy atom. The summed E-state index contributed by atoms with van der Waals surface area (Å²) in [4.78, 5) is 12.4. The third kappa shape index (κ3) is 5.64. The fourth-order valence-electron chi connectivity index (χ4n) is 2.53. The predicted octanol–water partition coefficient (Wildman–Crippen LogP) is 5.76. The molecular weight excluding hydrogens is 420 g/mol. The van der Waals surface area contributed by atoms with Crippen molar-refractivity contribution in [1.82, 2.24) is 0 Å². The minimum absolute atomic E-state index is 0.0543. The molecule has 3 aromatic rings. The number of para-hydroxylation sites is 1. The molecule has 2 aromatic carbocycles. The second-order valence-electron chi connectivity index (χ2n) is 5.91. The number of alkyl halides is 2. The highest BCUT2D eigenvalue weighted by Crippen LogP contribution is 2.32. The van der Waals surface area contributed by atoms with Crippen molar-refractivity contribution >= 4 is 23.2 Å². The topological polar surface area (TPSA) is 69.9 Å². The Balaban J connectivity index is 1.65. The van der Waals surface area contributed by atoms with E-state index >= 15 is 0 Å². The summed E-state index contributed by atoms with van der Waals surface area (Å²) in [5.74, 6) is 0.417. The molecule has 3 rings (SSSR count). The van der Waals surface area contributed by atoms with Gasteiger partial charge in [-0.05, 0) is 43.3 Å². The van der Waals surface area contributed by atoms with E-state index in [0.717, 1.165) is 0 Å². The van der Waals surface area contributed by atoms with Crippen LogP contribution in [0.3, 0.4) is 0 Å². The van der Waals surface area contributed by atoms with Gasteiger partial charge in [-0.1, -0.05) is 23.7 Å². The van der Waals surface area contributed by atoms with E-state index in [4.69, 9.17) is 25.5 Å². The van der Waals surface area contributed by atoms with E-state index in [1.165, 1.54) is 24.3 Å². The zero-order chi connectivity index (χ0) is 21.5. The van der Waals surface area contributed by atoms with Crippen LogP contribution in [-0.2, 0) is 6.61 Å². The average Bonchev–Trinajstić information content (AvgIpc) is 3.18. The summed E-state index contributed by atoms with van der Waals surface area (Å²) in [5, 5.41) is 3.08. The van der Waals surface area contributed by atoms with Gasteiger partial charge in [0.25, 0.3) is 5.91 Å². The van der Waals surface area contributed by atoms with Gasteiger partial charge in [0.05, 0.1) is 11.6 Å². The summed E-state index contributed by atoms with van der Waals surface area (Å²) >= 11 is 6.03. The Morgan fingerprint density at radius 3 is 2.60 bits per heavy atom. The lowest BCUT2D eigenvalue weighted by atomic mass is 10.2. The number of furan rings is 1. The molecule has 30 heavy (non-hydrogen) atoms. The van der Waals surface area contributed by atoms with Crippen LogP contribution in [0.15, 0.2) is 59.0 Å². The number of amides is 1. The minimum atomic E-state index is -2.99. The molecule has 6 nitrogen and oxygen atoms in total. The highest BCUT2D eigenvalue weighted by Gasteiger charge is 2.15. The average molecular weight is 438 g/mol. The van der Waals surface area contributed by atoms with Crippen LogP contribution in [0, 0.1) is 0 Å². The second-order valence-corrected chi connectivity index (χ2v) is 6.32. The molecular formula is C21H18ClF2NO5. The first-order valence-corrected chi connectivity index (χ1v) is 9.33. The molecule has 158 valence electrons. The fraction of sp³-hybridized carbons (Fsp3) is 0.190. The Labute approximate surface area is 176 Å². The van der Waals surface area contributed by atoms with E-state index in [-0.39, 0.29) is 30.5 Å². The maximum absolute atomic E-state index is 12.5. The van der Waals surface area contributed by atoms with Crippen molar-refractivity contribution in [3.63, 3.8) is 0 Å². The molecule has 0 aliphatic heterocycles. The van der Waals surface area contributed by atoms with Crippen LogP contribution in [0.5, 0.6) is 17.2 Å². The molecule has 0 bridgehead atoms. The highest BCUT2D eigenvalue weighted by molar-refractivity contribution is 6.32. The molecule has 0 saturated carbocycles. The molecule has 0 spiro atoms. The van der Waals surface area contributed by atoms with Crippen molar-refractivity contribution in [1.29, 1.82) is 0 Å². The number of ether oxygens (including phenoxy) is 3. The van der Waals surface area contributed by atoms with E-state index < -0.39 is 12.5 Å². The summed E-state index contributed by atoms with van der Waals surface area (Å²) in [5.41, 5.74) is 0.329. The summed E-state index contributed by atoms with van der Waals surface area (Å²) in [6.07, 6.45) is 0. The second kappa shape index (κ2) is 9.98. The van der Waals surface area contributed by atoms with Crippen molar-refractivity contribution < 1.29 is 32.2 Å². The highest BCUT2D eigenvalue weighted by atomic mass is 35.5. The summed E-state index contributed by atoms with van der Waals surface area (Å²) in [6.45, 7) is -0.957. The smallest absolute Gasteiger partial charge is 0.387 e. The van der Waals surface area contributed by atoms with Gasteiger partial charge in [0.15, 0.2) is 17.3 Å². The van der Waals surface area contributed by atoms with Crippen molar-refractivity contribution in [2.24, 2.45) is 0 Å². The maximum atomic E-state index is 12.5. The van der Waals surface area contributed by atoms with Crippen molar-refractivity contribution in [3.8, 4) is 17.2 Å². The van der Waals surface area contributed by atoms with Crippen LogP contribution in [0.4, 0.5) is 14.5 Å². The molecule has 9 heteroatoms. The van der Waals surface area contributed by atoms with Crippen LogP contribution in [0.2, 0.25) is 5.02 Å². The summed E-state index contributed by atoms with van der Waals surface area (Å²) in [7, 11) is 0. The zero-order valence-electron chi connectivity index (χ0n) is 15.9. The first kappa shape index (κ1) is 21.4. The molecule has 0 atom stereocenters. The number of hydrogen-bond acceptors (Lipinski definition) is 5.